The van der Waals surface area contributed by atoms with Crippen LogP contribution in [0.4, 0.5) is 11.4 Å². The highest BCUT2D eigenvalue weighted by molar-refractivity contribution is 6.03. The maximum atomic E-state index is 12.5. The lowest BCUT2D eigenvalue weighted by atomic mass is 10.1. The van der Waals surface area contributed by atoms with E-state index in [0.29, 0.717) is 17.8 Å². The van der Waals surface area contributed by atoms with Crippen molar-refractivity contribution in [1.29, 1.82) is 0 Å². The Hall–Kier alpha value is -3.15. The molecule has 1 atom stereocenters. The minimum Gasteiger partial charge on any atom is -0.465 e. The number of hydrogen-bond donors (Lipinski definition) is 1. The second-order valence-corrected chi connectivity index (χ2v) is 6.30. The molecule has 1 aliphatic heterocycles. The fourth-order valence-corrected chi connectivity index (χ4v) is 2.91. The van der Waals surface area contributed by atoms with Gasteiger partial charge in [0.15, 0.2) is 0 Å². The third kappa shape index (κ3) is 3.74. The Labute approximate surface area is 151 Å². The highest BCUT2D eigenvalue weighted by Gasteiger charge is 2.35. The number of hydrogen-bond acceptors (Lipinski definition) is 4. The monoisotopic (exact) mass is 352 g/mol. The molecule has 1 aliphatic rings. The van der Waals surface area contributed by atoms with Crippen LogP contribution in [-0.4, -0.2) is 31.4 Å². The molecule has 2 aromatic rings. The summed E-state index contributed by atoms with van der Waals surface area (Å²) in [6.45, 7) is 2.34. The molecule has 1 N–H and O–H groups in total. The molecular formula is C20H20N2O4. The van der Waals surface area contributed by atoms with Crippen molar-refractivity contribution in [2.24, 2.45) is 5.92 Å². The molecule has 0 bridgehead atoms. The van der Waals surface area contributed by atoms with Crippen LogP contribution in [0.3, 0.4) is 0 Å². The predicted molar refractivity (Wildman–Crippen MR) is 98.1 cm³/mol. The van der Waals surface area contributed by atoms with Crippen LogP contribution < -0.4 is 10.2 Å². The zero-order valence-electron chi connectivity index (χ0n) is 14.7. The number of anilines is 2. The molecule has 134 valence electrons. The standard InChI is InChI=1S/C20H20N2O4/c1-13-3-9-17(10-4-13)22-12-15(11-18(22)23)19(24)21-16-7-5-14(6-8-16)20(25)26-2/h3-10,15H,11-12H2,1-2H3,(H,21,24)/t15-/m0/s1. The van der Waals surface area contributed by atoms with E-state index in [0.717, 1.165) is 11.3 Å². The SMILES string of the molecule is COC(=O)c1ccc(NC(=O)[C@H]2CC(=O)N(c3ccc(C)cc3)C2)cc1. The van der Waals surface area contributed by atoms with E-state index >= 15 is 0 Å². The first-order valence-electron chi connectivity index (χ1n) is 8.34. The summed E-state index contributed by atoms with van der Waals surface area (Å²) in [6.07, 6.45) is 0.181. The van der Waals surface area contributed by atoms with E-state index in [1.807, 2.05) is 31.2 Å². The van der Waals surface area contributed by atoms with Crippen LogP contribution >= 0.6 is 0 Å². The summed E-state index contributed by atoms with van der Waals surface area (Å²) in [6, 6.07) is 14.1. The highest BCUT2D eigenvalue weighted by atomic mass is 16.5. The van der Waals surface area contributed by atoms with Gasteiger partial charge in [0.1, 0.15) is 0 Å². The Morgan fingerprint density at radius 2 is 1.73 bits per heavy atom. The number of rotatable bonds is 4. The first-order chi connectivity index (χ1) is 12.5. The number of ether oxygens (including phenoxy) is 1. The summed E-state index contributed by atoms with van der Waals surface area (Å²) in [7, 11) is 1.31. The van der Waals surface area contributed by atoms with Crippen molar-refractivity contribution < 1.29 is 19.1 Å². The molecule has 1 saturated heterocycles. The van der Waals surface area contributed by atoms with Gasteiger partial charge in [-0.2, -0.15) is 0 Å². The van der Waals surface area contributed by atoms with E-state index in [1.54, 1.807) is 29.2 Å². The van der Waals surface area contributed by atoms with Gasteiger partial charge in [0.2, 0.25) is 11.8 Å². The Morgan fingerprint density at radius 3 is 2.35 bits per heavy atom. The van der Waals surface area contributed by atoms with Crippen molar-refractivity contribution in [3.63, 3.8) is 0 Å². The molecule has 2 aromatic carbocycles. The summed E-state index contributed by atoms with van der Waals surface area (Å²) in [5, 5.41) is 2.80. The van der Waals surface area contributed by atoms with E-state index in [1.165, 1.54) is 7.11 Å². The van der Waals surface area contributed by atoms with Crippen molar-refractivity contribution in [2.75, 3.05) is 23.9 Å². The maximum absolute atomic E-state index is 12.5. The summed E-state index contributed by atoms with van der Waals surface area (Å²) < 4.78 is 4.64. The van der Waals surface area contributed by atoms with Gasteiger partial charge >= 0.3 is 5.97 Å². The molecule has 6 nitrogen and oxygen atoms in total. The van der Waals surface area contributed by atoms with Gasteiger partial charge in [0, 0.05) is 24.3 Å². The van der Waals surface area contributed by atoms with Gasteiger partial charge in [-0.25, -0.2) is 4.79 Å². The number of aryl methyl sites for hydroxylation is 1. The fourth-order valence-electron chi connectivity index (χ4n) is 2.91. The molecule has 0 aliphatic carbocycles. The molecule has 0 aromatic heterocycles. The topological polar surface area (TPSA) is 75.7 Å². The number of carbonyl (C=O) groups excluding carboxylic acids is 3. The Morgan fingerprint density at radius 1 is 1.08 bits per heavy atom. The molecule has 3 rings (SSSR count). The van der Waals surface area contributed by atoms with E-state index < -0.39 is 11.9 Å². The number of nitrogens with zero attached hydrogens (tertiary/aromatic N) is 1. The lowest BCUT2D eigenvalue weighted by Crippen LogP contribution is -2.28. The minimum absolute atomic E-state index is 0.0601. The molecule has 0 radical (unpaired) electrons. The number of methoxy groups -OCH3 is 1. The normalized spacial score (nSPS) is 16.5. The largest absolute Gasteiger partial charge is 0.465 e. The zero-order valence-corrected chi connectivity index (χ0v) is 14.7. The summed E-state index contributed by atoms with van der Waals surface area (Å²) in [5.74, 6) is -1.11. The molecule has 1 heterocycles. The number of amides is 2. The average molecular weight is 352 g/mol. The van der Waals surface area contributed by atoms with Gasteiger partial charge in [-0.1, -0.05) is 17.7 Å². The molecule has 2 amide bonds. The van der Waals surface area contributed by atoms with Crippen LogP contribution in [0.2, 0.25) is 0 Å². The van der Waals surface area contributed by atoms with Crippen molar-refractivity contribution in [3.05, 3.63) is 59.7 Å². The van der Waals surface area contributed by atoms with Gasteiger partial charge < -0.3 is 15.0 Å². The number of esters is 1. The van der Waals surface area contributed by atoms with Crippen molar-refractivity contribution in [1.82, 2.24) is 0 Å². The maximum Gasteiger partial charge on any atom is 0.337 e. The summed E-state index contributed by atoms with van der Waals surface area (Å²) in [5.41, 5.74) is 2.90. The van der Waals surface area contributed by atoms with Crippen LogP contribution in [0, 0.1) is 12.8 Å². The van der Waals surface area contributed by atoms with Gasteiger partial charge in [-0.3, -0.25) is 9.59 Å². The van der Waals surface area contributed by atoms with E-state index in [9.17, 15) is 14.4 Å². The Kier molecular flexibility index (Phi) is 5.02. The lowest BCUT2D eigenvalue weighted by Gasteiger charge is -2.17. The number of benzene rings is 2. The van der Waals surface area contributed by atoms with Crippen molar-refractivity contribution in [3.8, 4) is 0 Å². The number of nitrogens with one attached hydrogen (secondary N) is 1. The van der Waals surface area contributed by atoms with E-state index in [2.05, 4.69) is 10.1 Å². The fraction of sp³-hybridized carbons (Fsp3) is 0.250. The predicted octanol–water partition coefficient (Wildman–Crippen LogP) is 2.77. The minimum atomic E-state index is -0.432. The summed E-state index contributed by atoms with van der Waals surface area (Å²) >= 11 is 0. The molecule has 1 fully saturated rings. The quantitative estimate of drug-likeness (QED) is 0.859. The molecule has 6 heteroatoms. The van der Waals surface area contributed by atoms with Gasteiger partial charge in [0.05, 0.1) is 18.6 Å². The van der Waals surface area contributed by atoms with Crippen LogP contribution in [0.1, 0.15) is 22.3 Å². The van der Waals surface area contributed by atoms with Gasteiger partial charge in [-0.05, 0) is 43.3 Å². The van der Waals surface area contributed by atoms with Gasteiger partial charge in [-0.15, -0.1) is 0 Å². The lowest BCUT2D eigenvalue weighted by molar-refractivity contribution is -0.122. The van der Waals surface area contributed by atoms with Crippen LogP contribution in [0.5, 0.6) is 0 Å². The van der Waals surface area contributed by atoms with Crippen LogP contribution in [0.25, 0.3) is 0 Å². The second-order valence-electron chi connectivity index (χ2n) is 6.30. The van der Waals surface area contributed by atoms with E-state index in [-0.39, 0.29) is 18.2 Å². The number of carbonyl (C=O) groups is 3. The van der Waals surface area contributed by atoms with Crippen LogP contribution in [-0.2, 0) is 14.3 Å². The molecular weight excluding hydrogens is 332 g/mol. The molecule has 0 unspecified atom stereocenters. The van der Waals surface area contributed by atoms with Crippen molar-refractivity contribution in [2.45, 2.75) is 13.3 Å². The molecule has 0 saturated carbocycles. The highest BCUT2D eigenvalue weighted by Crippen LogP contribution is 2.26. The van der Waals surface area contributed by atoms with Gasteiger partial charge in [0.25, 0.3) is 0 Å². The first kappa shape index (κ1) is 17.7. The second kappa shape index (κ2) is 7.39. The average Bonchev–Trinajstić information content (AvgIpc) is 3.04. The third-order valence-corrected chi connectivity index (χ3v) is 4.42. The molecule has 26 heavy (non-hydrogen) atoms. The zero-order chi connectivity index (χ0) is 18.7. The third-order valence-electron chi connectivity index (χ3n) is 4.42. The smallest absolute Gasteiger partial charge is 0.337 e. The molecule has 0 spiro atoms. The van der Waals surface area contributed by atoms with Crippen molar-refractivity contribution >= 4 is 29.2 Å². The van der Waals surface area contributed by atoms with Crippen LogP contribution in [0.15, 0.2) is 48.5 Å². The summed E-state index contributed by atoms with van der Waals surface area (Å²) in [4.78, 5) is 37.8. The Balaban J connectivity index is 1.64. The van der Waals surface area contributed by atoms with E-state index in [4.69, 9.17) is 0 Å². The first-order valence-corrected chi connectivity index (χ1v) is 8.34. The Bertz CT molecular complexity index is 828.